The molecule has 0 saturated heterocycles. The Labute approximate surface area is 163 Å². The smallest absolute Gasteiger partial charge is 0.335 e. The second kappa shape index (κ2) is 8.60. The van der Waals surface area contributed by atoms with E-state index in [0.717, 1.165) is 28.1 Å². The second-order valence-corrected chi connectivity index (χ2v) is 6.65. The van der Waals surface area contributed by atoms with E-state index < -0.39 is 5.97 Å². The molecular formula is C22H20ClNO3. The normalized spacial score (nSPS) is 10.4. The first-order valence-corrected chi connectivity index (χ1v) is 8.93. The Bertz CT molecular complexity index is 942. The number of halogens is 1. The first-order valence-electron chi connectivity index (χ1n) is 8.56. The van der Waals surface area contributed by atoms with Crippen LogP contribution in [0.3, 0.4) is 0 Å². The molecule has 0 aliphatic carbocycles. The van der Waals surface area contributed by atoms with Crippen molar-refractivity contribution in [3.05, 3.63) is 94.0 Å². The Morgan fingerprint density at radius 1 is 1.07 bits per heavy atom. The van der Waals surface area contributed by atoms with Gasteiger partial charge in [0.2, 0.25) is 0 Å². The van der Waals surface area contributed by atoms with Crippen molar-refractivity contribution in [1.29, 1.82) is 0 Å². The van der Waals surface area contributed by atoms with Crippen LogP contribution >= 0.6 is 11.6 Å². The molecule has 3 aromatic rings. The zero-order valence-electron chi connectivity index (χ0n) is 14.9. The summed E-state index contributed by atoms with van der Waals surface area (Å²) in [4.78, 5) is 11.1. The largest absolute Gasteiger partial charge is 0.489 e. The summed E-state index contributed by atoms with van der Waals surface area (Å²) in [6.07, 6.45) is 0. The maximum atomic E-state index is 11.1. The third-order valence-corrected chi connectivity index (χ3v) is 4.44. The van der Waals surface area contributed by atoms with Gasteiger partial charge in [0.25, 0.3) is 0 Å². The molecule has 0 atom stereocenters. The van der Waals surface area contributed by atoms with Gasteiger partial charge in [-0.05, 0) is 54.4 Å². The molecule has 0 aliphatic heterocycles. The molecule has 3 rings (SSSR count). The lowest BCUT2D eigenvalue weighted by Gasteiger charge is -2.15. The van der Waals surface area contributed by atoms with Crippen molar-refractivity contribution in [2.75, 3.05) is 5.32 Å². The SMILES string of the molecule is Cc1cc(C(=O)O)ccc1NCc1cc(Cl)ccc1OCc1ccccc1. The molecular weight excluding hydrogens is 362 g/mol. The number of carboxylic acids is 1. The summed E-state index contributed by atoms with van der Waals surface area (Å²) in [7, 11) is 0. The zero-order valence-corrected chi connectivity index (χ0v) is 15.7. The molecule has 0 spiro atoms. The topological polar surface area (TPSA) is 58.6 Å². The van der Waals surface area contributed by atoms with Gasteiger partial charge in [0.15, 0.2) is 0 Å². The monoisotopic (exact) mass is 381 g/mol. The summed E-state index contributed by atoms with van der Waals surface area (Å²) in [5.41, 5.74) is 4.02. The lowest BCUT2D eigenvalue weighted by molar-refractivity contribution is 0.0697. The summed E-state index contributed by atoms with van der Waals surface area (Å²) in [5.74, 6) is -0.174. The molecule has 0 unspecified atom stereocenters. The number of hydrogen-bond acceptors (Lipinski definition) is 3. The van der Waals surface area contributed by atoms with E-state index in [2.05, 4.69) is 5.32 Å². The number of aryl methyl sites for hydroxylation is 1. The van der Waals surface area contributed by atoms with Gasteiger partial charge >= 0.3 is 5.97 Å². The Balaban J connectivity index is 1.72. The molecule has 0 saturated carbocycles. The van der Waals surface area contributed by atoms with Crippen LogP contribution in [0.15, 0.2) is 66.7 Å². The van der Waals surface area contributed by atoms with E-state index in [1.165, 1.54) is 0 Å². The van der Waals surface area contributed by atoms with E-state index in [-0.39, 0.29) is 5.56 Å². The zero-order chi connectivity index (χ0) is 19.2. The van der Waals surface area contributed by atoms with Crippen LogP contribution in [0.1, 0.15) is 27.0 Å². The average Bonchev–Trinajstić information content (AvgIpc) is 2.67. The van der Waals surface area contributed by atoms with Crippen molar-refractivity contribution >= 4 is 23.3 Å². The summed E-state index contributed by atoms with van der Waals surface area (Å²) in [6, 6.07) is 20.5. The van der Waals surface area contributed by atoms with Crippen molar-refractivity contribution in [2.45, 2.75) is 20.1 Å². The standard InChI is InChI=1S/C22H20ClNO3/c1-15-11-17(22(25)26)7-9-20(15)24-13-18-12-19(23)8-10-21(18)27-14-16-5-3-2-4-6-16/h2-12,24H,13-14H2,1H3,(H,25,26). The first kappa shape index (κ1) is 18.8. The molecule has 0 heterocycles. The van der Waals surface area contributed by atoms with Crippen molar-refractivity contribution < 1.29 is 14.6 Å². The number of ether oxygens (including phenoxy) is 1. The number of hydrogen-bond donors (Lipinski definition) is 2. The number of aromatic carboxylic acids is 1. The van der Waals surface area contributed by atoms with E-state index in [0.29, 0.717) is 18.2 Å². The van der Waals surface area contributed by atoms with E-state index >= 15 is 0 Å². The first-order chi connectivity index (χ1) is 13.0. The maximum Gasteiger partial charge on any atom is 0.335 e. The fourth-order valence-electron chi connectivity index (χ4n) is 2.75. The van der Waals surface area contributed by atoms with Crippen LogP contribution in [-0.2, 0) is 13.2 Å². The molecule has 0 fully saturated rings. The van der Waals surface area contributed by atoms with E-state index in [9.17, 15) is 4.79 Å². The van der Waals surface area contributed by atoms with Gasteiger partial charge in [-0.2, -0.15) is 0 Å². The minimum atomic E-state index is -0.934. The Morgan fingerprint density at radius 2 is 1.85 bits per heavy atom. The highest BCUT2D eigenvalue weighted by Crippen LogP contribution is 2.26. The number of rotatable bonds is 7. The number of benzene rings is 3. The van der Waals surface area contributed by atoms with Crippen molar-refractivity contribution in [3.8, 4) is 5.75 Å². The molecule has 0 bridgehead atoms. The minimum Gasteiger partial charge on any atom is -0.489 e. The molecule has 0 aromatic heterocycles. The van der Waals surface area contributed by atoms with Crippen LogP contribution < -0.4 is 10.1 Å². The van der Waals surface area contributed by atoms with Gasteiger partial charge in [-0.25, -0.2) is 4.79 Å². The summed E-state index contributed by atoms with van der Waals surface area (Å²) < 4.78 is 5.97. The minimum absolute atomic E-state index is 0.271. The number of nitrogens with one attached hydrogen (secondary N) is 1. The summed E-state index contributed by atoms with van der Waals surface area (Å²) in [6.45, 7) is 2.86. The molecule has 4 nitrogen and oxygen atoms in total. The molecule has 5 heteroatoms. The van der Waals surface area contributed by atoms with Crippen LogP contribution in [0.4, 0.5) is 5.69 Å². The van der Waals surface area contributed by atoms with Crippen molar-refractivity contribution in [1.82, 2.24) is 0 Å². The number of carboxylic acid groups (broad SMARTS) is 1. The van der Waals surface area contributed by atoms with Crippen molar-refractivity contribution in [2.24, 2.45) is 0 Å². The van der Waals surface area contributed by atoms with E-state index in [1.807, 2.05) is 49.4 Å². The number of anilines is 1. The van der Waals surface area contributed by atoms with Gasteiger partial charge in [-0.1, -0.05) is 41.9 Å². The molecule has 3 aromatic carbocycles. The molecule has 0 amide bonds. The van der Waals surface area contributed by atoms with E-state index in [4.69, 9.17) is 21.4 Å². The van der Waals surface area contributed by atoms with Crippen LogP contribution in [0.5, 0.6) is 5.75 Å². The Hall–Kier alpha value is -2.98. The number of carbonyl (C=O) groups is 1. The van der Waals surface area contributed by atoms with Crippen LogP contribution in [0.2, 0.25) is 5.02 Å². The third-order valence-electron chi connectivity index (χ3n) is 4.20. The maximum absolute atomic E-state index is 11.1. The van der Waals surface area contributed by atoms with Gasteiger partial charge in [-0.3, -0.25) is 0 Å². The lowest BCUT2D eigenvalue weighted by atomic mass is 10.1. The molecule has 0 aliphatic rings. The lowest BCUT2D eigenvalue weighted by Crippen LogP contribution is -2.05. The van der Waals surface area contributed by atoms with Gasteiger partial charge in [0.1, 0.15) is 12.4 Å². The predicted octanol–water partition coefficient (Wildman–Crippen LogP) is 5.54. The van der Waals surface area contributed by atoms with Gasteiger partial charge < -0.3 is 15.2 Å². The third kappa shape index (κ3) is 5.02. The summed E-state index contributed by atoms with van der Waals surface area (Å²) in [5, 5.41) is 13.0. The predicted molar refractivity (Wildman–Crippen MR) is 108 cm³/mol. The van der Waals surface area contributed by atoms with Crippen LogP contribution in [0, 0.1) is 6.92 Å². The quantitative estimate of drug-likeness (QED) is 0.564. The van der Waals surface area contributed by atoms with Crippen LogP contribution in [0.25, 0.3) is 0 Å². The molecule has 138 valence electrons. The fourth-order valence-corrected chi connectivity index (χ4v) is 2.94. The average molecular weight is 382 g/mol. The molecule has 2 N–H and O–H groups in total. The highest BCUT2D eigenvalue weighted by molar-refractivity contribution is 6.30. The highest BCUT2D eigenvalue weighted by atomic mass is 35.5. The Morgan fingerprint density at radius 3 is 2.56 bits per heavy atom. The Kier molecular flexibility index (Phi) is 5.99. The van der Waals surface area contributed by atoms with Crippen molar-refractivity contribution in [3.63, 3.8) is 0 Å². The second-order valence-electron chi connectivity index (χ2n) is 6.21. The van der Waals surface area contributed by atoms with Gasteiger partial charge in [0.05, 0.1) is 5.56 Å². The highest BCUT2D eigenvalue weighted by Gasteiger charge is 2.09. The summed E-state index contributed by atoms with van der Waals surface area (Å²) >= 11 is 6.15. The van der Waals surface area contributed by atoms with E-state index in [1.54, 1.807) is 24.3 Å². The fraction of sp³-hybridized carbons (Fsp3) is 0.136. The molecule has 0 radical (unpaired) electrons. The molecule has 27 heavy (non-hydrogen) atoms. The van der Waals surface area contributed by atoms with Crippen LogP contribution in [-0.4, -0.2) is 11.1 Å². The van der Waals surface area contributed by atoms with Gasteiger partial charge in [-0.15, -0.1) is 0 Å². The van der Waals surface area contributed by atoms with Gasteiger partial charge in [0, 0.05) is 22.8 Å².